The van der Waals surface area contributed by atoms with Crippen molar-refractivity contribution in [2.45, 2.75) is 77.5 Å². The van der Waals surface area contributed by atoms with E-state index in [1.54, 1.807) is 30.3 Å². The molecular weight excluding hydrogens is 664 g/mol. The molecule has 1 aliphatic heterocycles. The molecule has 1 fully saturated rings. The van der Waals surface area contributed by atoms with Crippen molar-refractivity contribution >= 4 is 29.8 Å². The first-order valence-corrected chi connectivity index (χ1v) is 15.4. The molecule has 0 amide bonds. The van der Waals surface area contributed by atoms with Crippen molar-refractivity contribution < 1.29 is 76.1 Å². The van der Waals surface area contributed by atoms with E-state index in [9.17, 15) is 24.0 Å². The van der Waals surface area contributed by atoms with E-state index in [1.165, 1.54) is 54.2 Å². The summed E-state index contributed by atoms with van der Waals surface area (Å²) < 4.78 is 62.8. The smallest absolute Gasteiger partial charge is 0.308 e. The summed E-state index contributed by atoms with van der Waals surface area (Å²) in [6.07, 6.45) is -9.08. The molecule has 2 aromatic carbocycles. The molecule has 2 aromatic rings. The molecule has 7 atom stereocenters. The van der Waals surface area contributed by atoms with Crippen molar-refractivity contribution in [2.24, 2.45) is 0 Å². The van der Waals surface area contributed by atoms with Gasteiger partial charge >= 0.3 is 29.8 Å². The molecule has 0 aromatic heterocycles. The van der Waals surface area contributed by atoms with Gasteiger partial charge in [-0.05, 0) is 29.8 Å². The summed E-state index contributed by atoms with van der Waals surface area (Å²) >= 11 is 0. The number of hydrogen-bond donors (Lipinski definition) is 0. The third-order valence-corrected chi connectivity index (χ3v) is 7.09. The molecule has 16 heteroatoms. The number of benzene rings is 2. The summed E-state index contributed by atoms with van der Waals surface area (Å²) in [6, 6.07) is 11.2. The summed E-state index contributed by atoms with van der Waals surface area (Å²) in [5, 5.41) is 0. The molecule has 3 rings (SSSR count). The minimum atomic E-state index is -1.40. The topological polar surface area (TPSA) is 187 Å². The van der Waals surface area contributed by atoms with E-state index in [0.717, 1.165) is 13.8 Å². The number of carbonyl (C=O) groups excluding carboxylic acids is 5. The minimum Gasteiger partial charge on any atom is -0.493 e. The Morgan fingerprint density at radius 3 is 1.86 bits per heavy atom. The molecule has 274 valence electrons. The zero-order chi connectivity index (χ0) is 37.0. The van der Waals surface area contributed by atoms with Gasteiger partial charge in [-0.3, -0.25) is 24.0 Å². The Morgan fingerprint density at radius 2 is 1.30 bits per heavy atom. The van der Waals surface area contributed by atoms with E-state index in [-0.39, 0.29) is 17.2 Å². The fourth-order valence-electron chi connectivity index (χ4n) is 5.12. The van der Waals surface area contributed by atoms with Crippen molar-refractivity contribution in [3.05, 3.63) is 48.0 Å². The van der Waals surface area contributed by atoms with Crippen molar-refractivity contribution in [3.63, 3.8) is 0 Å². The van der Waals surface area contributed by atoms with Crippen molar-refractivity contribution in [3.8, 4) is 23.0 Å². The summed E-state index contributed by atoms with van der Waals surface area (Å²) in [5.74, 6) is -2.60. The highest BCUT2D eigenvalue weighted by atomic mass is 16.7. The Hall–Kier alpha value is -4.93. The molecule has 50 heavy (non-hydrogen) atoms. The molecule has 0 saturated carbocycles. The van der Waals surface area contributed by atoms with Crippen LogP contribution in [0.2, 0.25) is 0 Å². The zero-order valence-electron chi connectivity index (χ0n) is 29.0. The molecule has 0 spiro atoms. The predicted molar refractivity (Wildman–Crippen MR) is 169 cm³/mol. The van der Waals surface area contributed by atoms with Gasteiger partial charge in [-0.1, -0.05) is 18.2 Å². The van der Waals surface area contributed by atoms with E-state index in [1.807, 2.05) is 0 Å². The molecule has 0 radical (unpaired) electrons. The largest absolute Gasteiger partial charge is 0.493 e. The van der Waals surface area contributed by atoms with Gasteiger partial charge in [0.1, 0.15) is 31.5 Å². The quantitative estimate of drug-likeness (QED) is 0.141. The molecule has 1 heterocycles. The number of methoxy groups -OCH3 is 3. The summed E-state index contributed by atoms with van der Waals surface area (Å²) in [5.41, 5.74) is 0.324. The third-order valence-electron chi connectivity index (χ3n) is 7.09. The van der Waals surface area contributed by atoms with Gasteiger partial charge in [0, 0.05) is 41.7 Å². The standard InChI is InChI=1S/C34H42O16/c1-18(35)43-16-28(48-25-12-10-9-11-24(25)40-6)30(23-13-14-26(45-20(3)37)27(15-23)41-7)50-32-31(46-21(4)38)29(17-44-19(2)36)49-34(42-8)33(32)47-22(5)39/h9-15,28-34H,16-17H2,1-8H3/t28-,29-,30-,31+,32+,33-,34+/m1/s1. The van der Waals surface area contributed by atoms with E-state index in [2.05, 4.69) is 0 Å². The first-order valence-electron chi connectivity index (χ1n) is 15.4. The molecule has 0 aliphatic carbocycles. The lowest BCUT2D eigenvalue weighted by molar-refractivity contribution is -0.315. The number of carbonyl (C=O) groups is 5. The van der Waals surface area contributed by atoms with Crippen LogP contribution in [0.1, 0.15) is 46.3 Å². The van der Waals surface area contributed by atoms with Crippen LogP contribution in [0.5, 0.6) is 23.0 Å². The van der Waals surface area contributed by atoms with Crippen LogP contribution < -0.4 is 18.9 Å². The Kier molecular flexibility index (Phi) is 14.8. The SMILES string of the molecule is COc1cc([C@@H](O[C@H]2[C@@H](OC(C)=O)[C@@H](COC(C)=O)O[C@H](OC)[C@@H]2OC(C)=O)[C@@H](COC(C)=O)Oc2ccccc2OC)ccc1OC(C)=O. The summed E-state index contributed by atoms with van der Waals surface area (Å²) in [4.78, 5) is 60.6. The maximum absolute atomic E-state index is 12.5. The Morgan fingerprint density at radius 1 is 0.680 bits per heavy atom. The van der Waals surface area contributed by atoms with Gasteiger partial charge in [-0.15, -0.1) is 0 Å². The van der Waals surface area contributed by atoms with E-state index in [0.29, 0.717) is 11.3 Å². The van der Waals surface area contributed by atoms with Gasteiger partial charge in [-0.2, -0.15) is 0 Å². The van der Waals surface area contributed by atoms with Crippen molar-refractivity contribution in [1.82, 2.24) is 0 Å². The molecule has 16 nitrogen and oxygen atoms in total. The molecule has 1 saturated heterocycles. The van der Waals surface area contributed by atoms with Crippen LogP contribution >= 0.6 is 0 Å². The Bertz CT molecular complexity index is 1490. The number of hydrogen-bond acceptors (Lipinski definition) is 16. The lowest BCUT2D eigenvalue weighted by atomic mass is 9.96. The highest BCUT2D eigenvalue weighted by Gasteiger charge is 2.53. The number of rotatable bonds is 16. The van der Waals surface area contributed by atoms with Gasteiger partial charge in [0.05, 0.1) is 14.2 Å². The predicted octanol–water partition coefficient (Wildman–Crippen LogP) is 2.86. The number of para-hydroxylation sites is 2. The van der Waals surface area contributed by atoms with Crippen LogP contribution in [0.15, 0.2) is 42.5 Å². The van der Waals surface area contributed by atoms with Gasteiger partial charge in [0.15, 0.2) is 47.6 Å². The second kappa shape index (κ2) is 18.7. The van der Waals surface area contributed by atoms with Crippen molar-refractivity contribution in [2.75, 3.05) is 34.5 Å². The lowest BCUT2D eigenvalue weighted by Crippen LogP contribution is -2.63. The molecule has 0 N–H and O–H groups in total. The average Bonchev–Trinajstić information content (AvgIpc) is 3.05. The average molecular weight is 707 g/mol. The number of esters is 5. The molecule has 1 aliphatic rings. The second-order valence-corrected chi connectivity index (χ2v) is 10.9. The highest BCUT2D eigenvalue weighted by Crippen LogP contribution is 2.39. The van der Waals surface area contributed by atoms with Crippen LogP contribution in [0, 0.1) is 0 Å². The third kappa shape index (κ3) is 11.0. The lowest BCUT2D eigenvalue weighted by Gasteiger charge is -2.45. The first kappa shape index (κ1) is 39.5. The monoisotopic (exact) mass is 706 g/mol. The normalized spacial score (nSPS) is 21.1. The van der Waals surface area contributed by atoms with Gasteiger partial charge in [-0.25, -0.2) is 0 Å². The maximum atomic E-state index is 12.5. The summed E-state index contributed by atoms with van der Waals surface area (Å²) in [6.45, 7) is 5.13. The van der Waals surface area contributed by atoms with E-state index in [4.69, 9.17) is 52.1 Å². The summed E-state index contributed by atoms with van der Waals surface area (Å²) in [7, 11) is 4.09. The van der Waals surface area contributed by atoms with E-state index >= 15 is 0 Å². The minimum absolute atomic E-state index is 0.0900. The fraction of sp³-hybridized carbons (Fsp3) is 0.500. The van der Waals surface area contributed by atoms with Crippen LogP contribution in [0.4, 0.5) is 0 Å². The van der Waals surface area contributed by atoms with Gasteiger partial charge in [0.25, 0.3) is 0 Å². The maximum Gasteiger partial charge on any atom is 0.308 e. The van der Waals surface area contributed by atoms with Crippen molar-refractivity contribution in [1.29, 1.82) is 0 Å². The molecule has 0 bridgehead atoms. The second-order valence-electron chi connectivity index (χ2n) is 10.9. The molecular formula is C34H42O16. The highest BCUT2D eigenvalue weighted by molar-refractivity contribution is 5.70. The van der Waals surface area contributed by atoms with Crippen LogP contribution in [0.25, 0.3) is 0 Å². The van der Waals surface area contributed by atoms with Gasteiger partial charge in [0.2, 0.25) is 0 Å². The zero-order valence-corrected chi connectivity index (χ0v) is 29.0. The number of ether oxygens (including phenoxy) is 11. The fourth-order valence-corrected chi connectivity index (χ4v) is 5.12. The molecule has 0 unspecified atom stereocenters. The van der Waals surface area contributed by atoms with Crippen LogP contribution in [-0.2, 0) is 57.1 Å². The Labute approximate surface area is 289 Å². The van der Waals surface area contributed by atoms with Crippen LogP contribution in [-0.4, -0.2) is 101 Å². The van der Waals surface area contributed by atoms with Gasteiger partial charge < -0.3 is 52.1 Å². The Balaban J connectivity index is 2.28. The van der Waals surface area contributed by atoms with Crippen LogP contribution in [0.3, 0.4) is 0 Å². The van der Waals surface area contributed by atoms with E-state index < -0.39 is 86.0 Å². The first-order chi connectivity index (χ1) is 23.8.